The van der Waals surface area contributed by atoms with Crippen molar-refractivity contribution in [2.45, 2.75) is 56.4 Å². The highest BCUT2D eigenvalue weighted by atomic mass is 16.7. The average molecular weight is 314 g/mol. The Labute approximate surface area is 127 Å². The molecule has 2 saturated heterocycles. The zero-order valence-corrected chi connectivity index (χ0v) is 12.7. The zero-order chi connectivity index (χ0) is 16.1. The molecule has 4 fully saturated rings. The Kier molecular flexibility index (Phi) is 2.66. The summed E-state index contributed by atoms with van der Waals surface area (Å²) in [5, 5.41) is 41.9. The summed E-state index contributed by atoms with van der Waals surface area (Å²) < 4.78 is 11.7. The van der Waals surface area contributed by atoms with E-state index in [-0.39, 0.29) is 13.0 Å². The van der Waals surface area contributed by atoms with Crippen LogP contribution in [0.3, 0.4) is 0 Å². The van der Waals surface area contributed by atoms with E-state index in [1.807, 2.05) is 0 Å². The summed E-state index contributed by atoms with van der Waals surface area (Å²) in [6.07, 6.45) is -2.34. The number of hydrogen-bond acceptors (Lipinski definition) is 7. The number of ketones is 1. The third-order valence-electron chi connectivity index (χ3n) is 6.98. The van der Waals surface area contributed by atoms with Crippen LogP contribution in [0.1, 0.15) is 26.7 Å². The fourth-order valence-corrected chi connectivity index (χ4v) is 5.71. The van der Waals surface area contributed by atoms with E-state index in [4.69, 9.17) is 9.47 Å². The lowest BCUT2D eigenvalue weighted by Gasteiger charge is -2.59. The summed E-state index contributed by atoms with van der Waals surface area (Å²) in [5.74, 6) is -3.08. The van der Waals surface area contributed by atoms with Gasteiger partial charge >= 0.3 is 0 Å². The lowest BCUT2D eigenvalue weighted by atomic mass is 9.49. The minimum Gasteiger partial charge on any atom is -0.395 e. The lowest BCUT2D eigenvalue weighted by Crippen LogP contribution is -2.75. The Balaban J connectivity index is 1.98. The van der Waals surface area contributed by atoms with Gasteiger partial charge in [-0.15, -0.1) is 0 Å². The van der Waals surface area contributed by atoms with Gasteiger partial charge in [-0.2, -0.15) is 0 Å². The fourth-order valence-electron chi connectivity index (χ4n) is 5.71. The number of Topliss-reactive ketones (excluding diaryl/α,β-unsaturated/α-hetero) is 1. The first kappa shape index (κ1) is 15.0. The summed E-state index contributed by atoms with van der Waals surface area (Å²) in [6.45, 7) is 2.76. The second kappa shape index (κ2) is 3.91. The number of aliphatic hydroxyl groups is 4. The van der Waals surface area contributed by atoms with Crippen LogP contribution in [-0.4, -0.2) is 69.1 Å². The third kappa shape index (κ3) is 1.13. The molecule has 0 radical (unpaired) electrons. The molecule has 7 heteroatoms. The Bertz CT molecular complexity index is 552. The number of carbonyl (C=O) groups is 1. The van der Waals surface area contributed by atoms with E-state index in [1.54, 1.807) is 13.8 Å². The first-order valence-electron chi connectivity index (χ1n) is 7.76. The van der Waals surface area contributed by atoms with Crippen LogP contribution in [0.25, 0.3) is 0 Å². The molecule has 0 aromatic rings. The van der Waals surface area contributed by atoms with Crippen LogP contribution >= 0.6 is 0 Å². The molecule has 8 atom stereocenters. The van der Waals surface area contributed by atoms with Gasteiger partial charge in [-0.3, -0.25) is 4.79 Å². The molecular formula is C15H22O7. The van der Waals surface area contributed by atoms with Crippen molar-refractivity contribution in [2.24, 2.45) is 16.7 Å². The molecule has 2 bridgehead atoms. The molecule has 4 N–H and O–H groups in total. The van der Waals surface area contributed by atoms with Gasteiger partial charge < -0.3 is 29.9 Å². The van der Waals surface area contributed by atoms with Crippen LogP contribution in [0.15, 0.2) is 0 Å². The van der Waals surface area contributed by atoms with Gasteiger partial charge in [-0.05, 0) is 12.8 Å². The van der Waals surface area contributed by atoms with Crippen LogP contribution in [0, 0.1) is 16.7 Å². The second-order valence-electron chi connectivity index (χ2n) is 7.61. The van der Waals surface area contributed by atoms with Gasteiger partial charge in [0.25, 0.3) is 0 Å². The molecule has 0 aromatic carbocycles. The fraction of sp³-hybridized carbons (Fsp3) is 0.933. The Morgan fingerprint density at radius 1 is 1.36 bits per heavy atom. The minimum absolute atomic E-state index is 0.137. The van der Waals surface area contributed by atoms with Crippen molar-refractivity contribution in [1.29, 1.82) is 0 Å². The molecule has 2 saturated carbocycles. The largest absolute Gasteiger partial charge is 0.395 e. The Morgan fingerprint density at radius 3 is 2.68 bits per heavy atom. The molecule has 2 heterocycles. The first-order valence-corrected chi connectivity index (χ1v) is 7.76. The SMILES string of the molecule is CC1CC2OC34COC(O)(C1=O)C2(CO)C3(C)CC(O)C4O. The van der Waals surface area contributed by atoms with E-state index in [1.165, 1.54) is 0 Å². The van der Waals surface area contributed by atoms with E-state index in [9.17, 15) is 25.2 Å². The lowest BCUT2D eigenvalue weighted by molar-refractivity contribution is -0.333. The molecular weight excluding hydrogens is 292 g/mol. The number of hydrogen-bond donors (Lipinski definition) is 4. The highest BCUT2D eigenvalue weighted by Gasteiger charge is 2.87. The second-order valence-corrected chi connectivity index (χ2v) is 7.61. The third-order valence-corrected chi connectivity index (χ3v) is 6.98. The molecule has 4 rings (SSSR count). The topological polar surface area (TPSA) is 116 Å². The van der Waals surface area contributed by atoms with Crippen LogP contribution in [0.5, 0.6) is 0 Å². The van der Waals surface area contributed by atoms with Crippen molar-refractivity contribution in [3.8, 4) is 0 Å². The predicted molar refractivity (Wildman–Crippen MR) is 71.6 cm³/mol. The van der Waals surface area contributed by atoms with Crippen molar-refractivity contribution in [3.63, 3.8) is 0 Å². The van der Waals surface area contributed by atoms with Crippen LogP contribution in [0.4, 0.5) is 0 Å². The Morgan fingerprint density at radius 2 is 2.05 bits per heavy atom. The van der Waals surface area contributed by atoms with Crippen molar-refractivity contribution >= 4 is 5.78 Å². The Hall–Kier alpha value is -0.570. The van der Waals surface area contributed by atoms with Gasteiger partial charge in [0, 0.05) is 11.3 Å². The standard InChI is InChI=1S/C15H22O7/c1-7-3-9-13(5-16)12(2)4-8(17)11(19)14(12,22-9)6-21-15(13,20)10(7)18/h7-9,11,16-17,19-20H,3-6H2,1-2H3. The van der Waals surface area contributed by atoms with Gasteiger partial charge in [-0.1, -0.05) is 13.8 Å². The number of rotatable bonds is 1. The number of carbonyl (C=O) groups excluding carboxylic acids is 1. The summed E-state index contributed by atoms with van der Waals surface area (Å²) in [4.78, 5) is 12.6. The van der Waals surface area contributed by atoms with Crippen molar-refractivity contribution in [2.75, 3.05) is 13.2 Å². The quantitative estimate of drug-likeness (QED) is 0.468. The van der Waals surface area contributed by atoms with Crippen molar-refractivity contribution in [1.82, 2.24) is 0 Å². The van der Waals surface area contributed by atoms with E-state index < -0.39 is 58.8 Å². The van der Waals surface area contributed by atoms with E-state index in [0.29, 0.717) is 6.42 Å². The first-order chi connectivity index (χ1) is 10.2. The van der Waals surface area contributed by atoms with E-state index in [2.05, 4.69) is 0 Å². The van der Waals surface area contributed by atoms with Gasteiger partial charge in [0.05, 0.1) is 30.8 Å². The van der Waals surface area contributed by atoms with Gasteiger partial charge in [-0.25, -0.2) is 0 Å². The molecule has 22 heavy (non-hydrogen) atoms. The monoisotopic (exact) mass is 314 g/mol. The van der Waals surface area contributed by atoms with E-state index in [0.717, 1.165) is 0 Å². The van der Waals surface area contributed by atoms with Gasteiger partial charge in [0.1, 0.15) is 11.7 Å². The normalized spacial score (nSPS) is 63.1. The summed E-state index contributed by atoms with van der Waals surface area (Å²) in [6, 6.07) is 0. The summed E-state index contributed by atoms with van der Waals surface area (Å²) in [5.41, 5.74) is -3.54. The zero-order valence-electron chi connectivity index (χ0n) is 12.7. The van der Waals surface area contributed by atoms with Crippen LogP contribution in [0.2, 0.25) is 0 Å². The van der Waals surface area contributed by atoms with Crippen LogP contribution in [-0.2, 0) is 14.3 Å². The molecule has 8 unspecified atom stereocenters. The maximum atomic E-state index is 12.6. The van der Waals surface area contributed by atoms with Gasteiger partial charge in [0.2, 0.25) is 5.79 Å². The molecule has 4 aliphatic rings. The van der Waals surface area contributed by atoms with E-state index >= 15 is 0 Å². The highest BCUT2D eigenvalue weighted by molar-refractivity contribution is 5.90. The average Bonchev–Trinajstić information content (AvgIpc) is 2.75. The summed E-state index contributed by atoms with van der Waals surface area (Å²) >= 11 is 0. The summed E-state index contributed by atoms with van der Waals surface area (Å²) in [7, 11) is 0. The van der Waals surface area contributed by atoms with Gasteiger partial charge in [0.15, 0.2) is 5.78 Å². The molecule has 0 amide bonds. The molecule has 2 aliphatic heterocycles. The number of ether oxygens (including phenoxy) is 2. The molecule has 7 nitrogen and oxygen atoms in total. The minimum atomic E-state index is -2.15. The predicted octanol–water partition coefficient (Wildman–Crippen LogP) is -1.44. The van der Waals surface area contributed by atoms with Crippen molar-refractivity contribution in [3.05, 3.63) is 0 Å². The smallest absolute Gasteiger partial charge is 0.238 e. The maximum absolute atomic E-state index is 12.6. The number of aliphatic hydroxyl groups excluding tert-OH is 3. The van der Waals surface area contributed by atoms with Crippen LogP contribution < -0.4 is 0 Å². The van der Waals surface area contributed by atoms with Crippen molar-refractivity contribution < 1.29 is 34.7 Å². The molecule has 0 aromatic heterocycles. The maximum Gasteiger partial charge on any atom is 0.238 e. The molecule has 124 valence electrons. The molecule has 2 aliphatic carbocycles. The molecule has 0 spiro atoms. The highest BCUT2D eigenvalue weighted by Crippen LogP contribution is 2.74.